The summed E-state index contributed by atoms with van der Waals surface area (Å²) < 4.78 is 12.0. The van der Waals surface area contributed by atoms with Crippen molar-refractivity contribution in [2.24, 2.45) is 0 Å². The Morgan fingerprint density at radius 2 is 1.97 bits per heavy atom. The van der Waals surface area contributed by atoms with Gasteiger partial charge in [0.25, 0.3) is 0 Å². The predicted molar refractivity (Wildman–Crippen MR) is 114 cm³/mol. The lowest BCUT2D eigenvalue weighted by Crippen LogP contribution is -2.28. The van der Waals surface area contributed by atoms with Gasteiger partial charge >= 0.3 is 0 Å². The quantitative estimate of drug-likeness (QED) is 0.486. The zero-order chi connectivity index (χ0) is 20.3. The van der Waals surface area contributed by atoms with Crippen LogP contribution >= 0.6 is 0 Å². The van der Waals surface area contributed by atoms with Gasteiger partial charge in [0.15, 0.2) is 5.78 Å². The molecule has 2 aromatic carbocycles. The molecule has 0 saturated heterocycles. The maximum Gasteiger partial charge on any atom is 0.170 e. The minimum Gasteiger partial charge on any atom is -0.489 e. The van der Waals surface area contributed by atoms with Crippen molar-refractivity contribution in [3.63, 3.8) is 0 Å². The summed E-state index contributed by atoms with van der Waals surface area (Å²) in [6.07, 6.45) is 4.37. The number of hydrogen-bond donors (Lipinski definition) is 0. The van der Waals surface area contributed by atoms with Gasteiger partial charge in [0.05, 0.1) is 16.8 Å². The van der Waals surface area contributed by atoms with Gasteiger partial charge in [-0.1, -0.05) is 30.3 Å². The number of nitrogens with zero attached hydrogens (tertiary/aromatic N) is 2. The molecule has 0 saturated carbocycles. The fraction of sp³-hybridized carbons (Fsp3) is 0.160. The van der Waals surface area contributed by atoms with E-state index in [9.17, 15) is 4.79 Å². The molecule has 2 aromatic heterocycles. The van der Waals surface area contributed by atoms with Crippen LogP contribution in [-0.2, 0) is 13.0 Å². The van der Waals surface area contributed by atoms with Crippen LogP contribution in [-0.4, -0.2) is 21.9 Å². The van der Waals surface area contributed by atoms with Crippen molar-refractivity contribution in [1.29, 1.82) is 0 Å². The van der Waals surface area contributed by atoms with Gasteiger partial charge in [0.2, 0.25) is 0 Å². The van der Waals surface area contributed by atoms with Gasteiger partial charge in [0, 0.05) is 30.6 Å². The molecule has 1 aliphatic heterocycles. The zero-order valence-electron chi connectivity index (χ0n) is 16.3. The lowest BCUT2D eigenvalue weighted by molar-refractivity contribution is 0.0850. The Bertz CT molecular complexity index is 1210. The Hall–Kier alpha value is -3.73. The first kappa shape index (κ1) is 18.3. The van der Waals surface area contributed by atoms with Crippen LogP contribution in [0.25, 0.3) is 10.9 Å². The molecule has 4 aromatic rings. The summed E-state index contributed by atoms with van der Waals surface area (Å²) in [5, 5.41) is 1.10. The Morgan fingerprint density at radius 1 is 1.03 bits per heavy atom. The van der Waals surface area contributed by atoms with Crippen LogP contribution in [0.5, 0.6) is 11.5 Å². The summed E-state index contributed by atoms with van der Waals surface area (Å²) in [6, 6.07) is 21.3. The molecule has 30 heavy (non-hydrogen) atoms. The molecule has 0 fully saturated rings. The highest BCUT2D eigenvalue weighted by molar-refractivity contribution is 6.00. The Balaban J connectivity index is 1.28. The molecule has 0 aliphatic carbocycles. The van der Waals surface area contributed by atoms with Gasteiger partial charge in [0.1, 0.15) is 24.2 Å². The number of hydrogen-bond acceptors (Lipinski definition) is 5. The smallest absolute Gasteiger partial charge is 0.170 e. The van der Waals surface area contributed by atoms with E-state index >= 15 is 0 Å². The van der Waals surface area contributed by atoms with Gasteiger partial charge < -0.3 is 9.47 Å². The Morgan fingerprint density at radius 3 is 2.87 bits per heavy atom. The lowest BCUT2D eigenvalue weighted by Gasteiger charge is -2.25. The van der Waals surface area contributed by atoms with Crippen LogP contribution in [0.2, 0.25) is 0 Å². The first-order valence-corrected chi connectivity index (χ1v) is 9.95. The average Bonchev–Trinajstić information content (AvgIpc) is 2.78. The number of carbonyl (C=O) groups excluding carboxylic acids is 1. The topological polar surface area (TPSA) is 61.3 Å². The van der Waals surface area contributed by atoms with E-state index in [1.807, 2.05) is 60.7 Å². The second-order valence-electron chi connectivity index (χ2n) is 7.37. The molecule has 148 valence electrons. The molecule has 0 spiro atoms. The number of carbonyl (C=O) groups is 1. The number of para-hydroxylation sites is 1. The third-order valence-corrected chi connectivity index (χ3v) is 5.19. The standard InChI is InChI=1S/C25H20N2O3/c28-24-14-21(12-17-4-3-11-26-15-17)30-25-10-9-20(13-22(24)25)29-16-19-8-7-18-5-1-2-6-23(18)27-19/h1-11,13,15,21H,12,14,16H2/t21-/m1/s1. The summed E-state index contributed by atoms with van der Waals surface area (Å²) in [5.74, 6) is 1.31. The van der Waals surface area contributed by atoms with Crippen molar-refractivity contribution in [3.05, 3.63) is 95.9 Å². The van der Waals surface area contributed by atoms with Crippen molar-refractivity contribution < 1.29 is 14.3 Å². The second kappa shape index (κ2) is 7.95. The number of pyridine rings is 2. The van der Waals surface area contributed by atoms with E-state index < -0.39 is 0 Å². The van der Waals surface area contributed by atoms with Gasteiger partial charge in [-0.25, -0.2) is 4.98 Å². The van der Waals surface area contributed by atoms with Crippen molar-refractivity contribution in [1.82, 2.24) is 9.97 Å². The van der Waals surface area contributed by atoms with E-state index in [2.05, 4.69) is 9.97 Å². The highest BCUT2D eigenvalue weighted by Gasteiger charge is 2.27. The highest BCUT2D eigenvalue weighted by Crippen LogP contribution is 2.32. The maximum absolute atomic E-state index is 12.7. The third-order valence-electron chi connectivity index (χ3n) is 5.19. The van der Waals surface area contributed by atoms with E-state index in [-0.39, 0.29) is 11.9 Å². The number of rotatable bonds is 5. The van der Waals surface area contributed by atoms with Gasteiger partial charge in [-0.15, -0.1) is 0 Å². The van der Waals surface area contributed by atoms with Gasteiger partial charge in [-0.3, -0.25) is 9.78 Å². The maximum atomic E-state index is 12.7. The summed E-state index contributed by atoms with van der Waals surface area (Å²) >= 11 is 0. The monoisotopic (exact) mass is 396 g/mol. The van der Waals surface area contributed by atoms with Crippen molar-refractivity contribution in [3.8, 4) is 11.5 Å². The first-order valence-electron chi connectivity index (χ1n) is 9.95. The van der Waals surface area contributed by atoms with Crippen molar-refractivity contribution in [2.45, 2.75) is 25.6 Å². The lowest BCUT2D eigenvalue weighted by atomic mass is 9.97. The molecule has 5 rings (SSSR count). The molecule has 5 heteroatoms. The van der Waals surface area contributed by atoms with E-state index in [0.717, 1.165) is 22.2 Å². The number of Topliss-reactive ketones (excluding diaryl/α,β-unsaturated/α-hetero) is 1. The minimum absolute atomic E-state index is 0.0689. The van der Waals surface area contributed by atoms with E-state index in [4.69, 9.17) is 9.47 Å². The van der Waals surface area contributed by atoms with Crippen LogP contribution in [0, 0.1) is 0 Å². The fourth-order valence-corrected chi connectivity index (χ4v) is 3.70. The number of ether oxygens (including phenoxy) is 2. The molecule has 0 unspecified atom stereocenters. The molecule has 1 aliphatic rings. The normalized spacial score (nSPS) is 15.5. The molecular formula is C25H20N2O3. The largest absolute Gasteiger partial charge is 0.489 e. The Kier molecular flexibility index (Phi) is 4.85. The van der Waals surface area contributed by atoms with Crippen molar-refractivity contribution >= 4 is 16.7 Å². The molecule has 0 N–H and O–H groups in total. The first-order chi connectivity index (χ1) is 14.7. The van der Waals surface area contributed by atoms with Crippen LogP contribution in [0.1, 0.15) is 28.0 Å². The Labute approximate surface area is 174 Å². The van der Waals surface area contributed by atoms with E-state index in [1.54, 1.807) is 18.5 Å². The van der Waals surface area contributed by atoms with Gasteiger partial charge in [-0.05, 0) is 42.0 Å². The van der Waals surface area contributed by atoms with Gasteiger partial charge in [-0.2, -0.15) is 0 Å². The van der Waals surface area contributed by atoms with Crippen LogP contribution < -0.4 is 9.47 Å². The zero-order valence-corrected chi connectivity index (χ0v) is 16.3. The second-order valence-corrected chi connectivity index (χ2v) is 7.37. The van der Waals surface area contributed by atoms with Crippen molar-refractivity contribution in [2.75, 3.05) is 0 Å². The molecule has 5 nitrogen and oxygen atoms in total. The molecule has 3 heterocycles. The summed E-state index contributed by atoms with van der Waals surface area (Å²) in [5.41, 5.74) is 3.40. The predicted octanol–water partition coefficient (Wildman–Crippen LogP) is 4.79. The molecular weight excluding hydrogens is 376 g/mol. The fourth-order valence-electron chi connectivity index (χ4n) is 3.70. The number of benzene rings is 2. The summed E-state index contributed by atoms with van der Waals surface area (Å²) in [7, 11) is 0. The molecule has 0 radical (unpaired) electrons. The highest BCUT2D eigenvalue weighted by atomic mass is 16.5. The third kappa shape index (κ3) is 3.87. The summed E-state index contributed by atoms with van der Waals surface area (Å²) in [6.45, 7) is 0.336. The minimum atomic E-state index is -0.178. The number of fused-ring (bicyclic) bond motifs is 2. The van der Waals surface area contributed by atoms with E-state index in [0.29, 0.717) is 36.5 Å². The molecule has 0 amide bonds. The van der Waals surface area contributed by atoms with Crippen LogP contribution in [0.15, 0.2) is 79.1 Å². The number of aromatic nitrogens is 2. The molecule has 1 atom stereocenters. The summed E-state index contributed by atoms with van der Waals surface area (Å²) in [4.78, 5) is 21.4. The number of ketones is 1. The van der Waals surface area contributed by atoms with Crippen LogP contribution in [0.3, 0.4) is 0 Å². The molecule has 0 bridgehead atoms. The van der Waals surface area contributed by atoms with Crippen LogP contribution in [0.4, 0.5) is 0 Å². The van der Waals surface area contributed by atoms with E-state index in [1.165, 1.54) is 0 Å². The SMILES string of the molecule is O=C1C[C@@H](Cc2cccnc2)Oc2ccc(OCc3ccc4ccccc4n3)cc21. The average molecular weight is 396 g/mol.